The minimum atomic E-state index is -0.321. The van der Waals surface area contributed by atoms with Crippen molar-refractivity contribution in [1.82, 2.24) is 25.0 Å². The maximum Gasteiger partial charge on any atom is 0.255 e. The number of aryl methyl sites for hydroxylation is 1. The highest BCUT2D eigenvalue weighted by atomic mass is 35.5. The summed E-state index contributed by atoms with van der Waals surface area (Å²) in [6, 6.07) is 14.0. The molecule has 188 valence electrons. The highest BCUT2D eigenvalue weighted by molar-refractivity contribution is 6.35. The van der Waals surface area contributed by atoms with Gasteiger partial charge in [-0.1, -0.05) is 35.3 Å². The molecule has 10 heteroatoms. The lowest BCUT2D eigenvalue weighted by molar-refractivity contribution is 0.0783. The molecule has 0 saturated carbocycles. The van der Waals surface area contributed by atoms with Gasteiger partial charge >= 0.3 is 0 Å². The lowest BCUT2D eigenvalue weighted by atomic mass is 10.0. The van der Waals surface area contributed by atoms with Gasteiger partial charge in [0.1, 0.15) is 5.82 Å². The smallest absolute Gasteiger partial charge is 0.255 e. The Kier molecular flexibility index (Phi) is 6.86. The number of anilines is 1. The second kappa shape index (κ2) is 10.2. The first-order valence-electron chi connectivity index (χ1n) is 11.7. The first kappa shape index (κ1) is 24.8. The number of carbonyl (C=O) groups excluding carboxylic acids is 2. The molecule has 1 atom stereocenters. The highest BCUT2D eigenvalue weighted by Gasteiger charge is 2.29. The Morgan fingerprint density at radius 3 is 2.54 bits per heavy atom. The Morgan fingerprint density at radius 1 is 1.03 bits per heavy atom. The monoisotopic (exact) mass is 534 g/mol. The summed E-state index contributed by atoms with van der Waals surface area (Å²) in [5.74, 6) is -0.269. The van der Waals surface area contributed by atoms with E-state index >= 15 is 0 Å². The standard InChI is InChI=1S/C27H24Cl2N6O2/c1-34-14-19(13-32-34)18-10-23(25(30)31-12-18)26(36)33-21-8-9-35(15-21)27(37)17-4-2-16(3-5-17)22-11-20(28)6-7-24(22)29/h2-7,10-14,21H,8-9,15H2,1H3,(H2,30,31)(H,33,36)/t21-/m1/s1. The number of likely N-dealkylation sites (tertiary alicyclic amines) is 1. The number of amides is 2. The van der Waals surface area contributed by atoms with Crippen molar-refractivity contribution in [2.75, 3.05) is 18.8 Å². The molecule has 3 heterocycles. The Morgan fingerprint density at radius 2 is 1.81 bits per heavy atom. The second-order valence-electron chi connectivity index (χ2n) is 8.97. The zero-order chi connectivity index (χ0) is 26.1. The van der Waals surface area contributed by atoms with E-state index in [9.17, 15) is 9.59 Å². The zero-order valence-electron chi connectivity index (χ0n) is 20.0. The van der Waals surface area contributed by atoms with Crippen LogP contribution < -0.4 is 11.1 Å². The molecule has 8 nitrogen and oxygen atoms in total. The predicted molar refractivity (Wildman–Crippen MR) is 145 cm³/mol. The summed E-state index contributed by atoms with van der Waals surface area (Å²) >= 11 is 12.4. The third-order valence-electron chi connectivity index (χ3n) is 6.38. The number of nitrogens with two attached hydrogens (primary N) is 1. The first-order valence-corrected chi connectivity index (χ1v) is 12.4. The van der Waals surface area contributed by atoms with E-state index in [0.717, 1.165) is 22.3 Å². The lowest BCUT2D eigenvalue weighted by Crippen LogP contribution is -2.38. The van der Waals surface area contributed by atoms with Crippen molar-refractivity contribution in [3.63, 3.8) is 0 Å². The van der Waals surface area contributed by atoms with Gasteiger partial charge < -0.3 is 16.0 Å². The summed E-state index contributed by atoms with van der Waals surface area (Å²) in [6.07, 6.45) is 5.80. The molecule has 4 aromatic rings. The van der Waals surface area contributed by atoms with E-state index in [1.54, 1.807) is 58.4 Å². The maximum atomic E-state index is 13.1. The largest absolute Gasteiger partial charge is 0.383 e. The maximum absolute atomic E-state index is 13.1. The van der Waals surface area contributed by atoms with E-state index in [1.807, 2.05) is 25.4 Å². The van der Waals surface area contributed by atoms with Crippen LogP contribution in [0.4, 0.5) is 5.82 Å². The van der Waals surface area contributed by atoms with Gasteiger partial charge in [-0.05, 0) is 48.4 Å². The fraction of sp³-hybridized carbons (Fsp3) is 0.185. The number of nitrogens with zero attached hydrogens (tertiary/aromatic N) is 4. The number of hydrogen-bond donors (Lipinski definition) is 2. The molecule has 5 rings (SSSR count). The molecule has 2 aromatic carbocycles. The van der Waals surface area contributed by atoms with E-state index in [0.29, 0.717) is 40.7 Å². The van der Waals surface area contributed by atoms with Crippen LogP contribution in [0.15, 0.2) is 67.1 Å². The zero-order valence-corrected chi connectivity index (χ0v) is 21.5. The summed E-state index contributed by atoms with van der Waals surface area (Å²) in [5.41, 5.74) is 10.1. The summed E-state index contributed by atoms with van der Waals surface area (Å²) in [5, 5.41) is 8.33. The fourth-order valence-electron chi connectivity index (χ4n) is 4.40. The van der Waals surface area contributed by atoms with Crippen LogP contribution in [0.3, 0.4) is 0 Å². The number of carbonyl (C=O) groups is 2. The fourth-order valence-corrected chi connectivity index (χ4v) is 4.80. The molecule has 0 bridgehead atoms. The van der Waals surface area contributed by atoms with Crippen molar-refractivity contribution >= 4 is 40.8 Å². The van der Waals surface area contributed by atoms with Crippen LogP contribution in [0.5, 0.6) is 0 Å². The van der Waals surface area contributed by atoms with Crippen LogP contribution in [0.2, 0.25) is 10.0 Å². The van der Waals surface area contributed by atoms with E-state index in [2.05, 4.69) is 15.4 Å². The molecule has 1 aliphatic rings. The SMILES string of the molecule is Cn1cc(-c2cnc(N)c(C(=O)N[C@@H]3CCN(C(=O)c4ccc(-c5cc(Cl)ccc5Cl)cc4)C3)c2)cn1. The van der Waals surface area contributed by atoms with Crippen molar-refractivity contribution in [3.05, 3.63) is 88.3 Å². The average molecular weight is 535 g/mol. The van der Waals surface area contributed by atoms with Gasteiger partial charge in [-0.3, -0.25) is 14.3 Å². The lowest BCUT2D eigenvalue weighted by Gasteiger charge is -2.18. The van der Waals surface area contributed by atoms with Gasteiger partial charge in [-0.15, -0.1) is 0 Å². The number of halogens is 2. The Hall–Kier alpha value is -3.88. The Balaban J connectivity index is 1.24. The molecular weight excluding hydrogens is 511 g/mol. The van der Waals surface area contributed by atoms with Crippen LogP contribution in [0.1, 0.15) is 27.1 Å². The number of nitrogens with one attached hydrogen (secondary N) is 1. The average Bonchev–Trinajstić information content (AvgIpc) is 3.54. The van der Waals surface area contributed by atoms with E-state index in [1.165, 1.54) is 0 Å². The first-order chi connectivity index (χ1) is 17.8. The molecule has 2 aromatic heterocycles. The van der Waals surface area contributed by atoms with Gasteiger partial charge in [-0.25, -0.2) is 4.98 Å². The number of pyridine rings is 1. The number of aromatic nitrogens is 3. The van der Waals surface area contributed by atoms with Gasteiger partial charge in [-0.2, -0.15) is 5.10 Å². The minimum absolute atomic E-state index is 0.0970. The van der Waals surface area contributed by atoms with Gasteiger partial charge in [0.15, 0.2) is 0 Å². The van der Waals surface area contributed by atoms with Gasteiger partial charge in [0, 0.05) is 70.9 Å². The van der Waals surface area contributed by atoms with Gasteiger partial charge in [0.05, 0.1) is 11.8 Å². The highest BCUT2D eigenvalue weighted by Crippen LogP contribution is 2.31. The molecule has 1 fully saturated rings. The second-order valence-corrected chi connectivity index (χ2v) is 9.81. The van der Waals surface area contributed by atoms with Crippen molar-refractivity contribution in [2.45, 2.75) is 12.5 Å². The molecule has 0 spiro atoms. The van der Waals surface area contributed by atoms with E-state index in [4.69, 9.17) is 28.9 Å². The molecule has 1 aliphatic heterocycles. The topological polar surface area (TPSA) is 106 Å². The Bertz CT molecular complexity index is 1480. The van der Waals surface area contributed by atoms with Crippen molar-refractivity contribution < 1.29 is 9.59 Å². The molecule has 2 amide bonds. The van der Waals surface area contributed by atoms with Crippen LogP contribution in [0.25, 0.3) is 22.3 Å². The molecule has 0 unspecified atom stereocenters. The third-order valence-corrected chi connectivity index (χ3v) is 6.95. The molecule has 0 radical (unpaired) electrons. The van der Waals surface area contributed by atoms with E-state index < -0.39 is 0 Å². The van der Waals surface area contributed by atoms with Gasteiger partial charge in [0.2, 0.25) is 0 Å². The van der Waals surface area contributed by atoms with Crippen molar-refractivity contribution in [2.24, 2.45) is 7.05 Å². The number of rotatable bonds is 5. The quantitative estimate of drug-likeness (QED) is 0.386. The summed E-state index contributed by atoms with van der Waals surface area (Å²) in [7, 11) is 1.82. The summed E-state index contributed by atoms with van der Waals surface area (Å²) < 4.78 is 1.68. The predicted octanol–water partition coefficient (Wildman–Crippen LogP) is 4.68. The number of benzene rings is 2. The van der Waals surface area contributed by atoms with E-state index in [-0.39, 0.29) is 23.7 Å². The minimum Gasteiger partial charge on any atom is -0.383 e. The van der Waals surface area contributed by atoms with Crippen molar-refractivity contribution in [1.29, 1.82) is 0 Å². The van der Waals surface area contributed by atoms with Crippen LogP contribution in [-0.2, 0) is 7.05 Å². The molecular formula is C27H24Cl2N6O2. The van der Waals surface area contributed by atoms with Crippen LogP contribution in [0, 0.1) is 0 Å². The number of hydrogen-bond acceptors (Lipinski definition) is 5. The van der Waals surface area contributed by atoms with Gasteiger partial charge in [0.25, 0.3) is 11.8 Å². The molecule has 0 aliphatic carbocycles. The van der Waals surface area contributed by atoms with Crippen LogP contribution in [-0.4, -0.2) is 50.6 Å². The van der Waals surface area contributed by atoms with Crippen LogP contribution >= 0.6 is 23.2 Å². The summed E-state index contributed by atoms with van der Waals surface area (Å²) in [4.78, 5) is 32.0. The molecule has 37 heavy (non-hydrogen) atoms. The number of nitrogen functional groups attached to an aromatic ring is 1. The molecule has 3 N–H and O–H groups in total. The van der Waals surface area contributed by atoms with Crippen molar-refractivity contribution in [3.8, 4) is 22.3 Å². The molecule has 1 saturated heterocycles. The normalized spacial score (nSPS) is 15.1. The third kappa shape index (κ3) is 5.30. The summed E-state index contributed by atoms with van der Waals surface area (Å²) in [6.45, 7) is 0.942. The Labute approximate surface area is 224 Å².